The number of fused-ring (bicyclic) bond motifs is 1. The van der Waals surface area contributed by atoms with Gasteiger partial charge in [-0.2, -0.15) is 0 Å². The summed E-state index contributed by atoms with van der Waals surface area (Å²) in [6.45, 7) is 8.35. The zero-order chi connectivity index (χ0) is 12.7. The second-order valence-corrected chi connectivity index (χ2v) is 6.43. The van der Waals surface area contributed by atoms with Crippen LogP contribution < -0.4 is 0 Å². The highest BCUT2D eigenvalue weighted by molar-refractivity contribution is 5.66. The first-order valence-electron chi connectivity index (χ1n) is 6.74. The topological polar surface area (TPSA) is 26.3 Å². The highest BCUT2D eigenvalue weighted by Crippen LogP contribution is 2.55. The molecule has 0 aromatic carbocycles. The SMILES string of the molecule is CC(=O)O[C@H]1CC[C@@]2(C)CCCC=C2C1(C)C. The van der Waals surface area contributed by atoms with Crippen molar-refractivity contribution in [2.45, 2.75) is 65.9 Å². The highest BCUT2D eigenvalue weighted by Gasteiger charge is 2.48. The van der Waals surface area contributed by atoms with Crippen molar-refractivity contribution in [2.24, 2.45) is 10.8 Å². The zero-order valence-corrected chi connectivity index (χ0v) is 11.5. The van der Waals surface area contributed by atoms with E-state index < -0.39 is 0 Å². The second-order valence-electron chi connectivity index (χ2n) is 6.43. The van der Waals surface area contributed by atoms with Gasteiger partial charge >= 0.3 is 5.97 Å². The first-order chi connectivity index (χ1) is 7.86. The van der Waals surface area contributed by atoms with Crippen LogP contribution in [0.4, 0.5) is 0 Å². The summed E-state index contributed by atoms with van der Waals surface area (Å²) in [6, 6.07) is 0. The van der Waals surface area contributed by atoms with Crippen LogP contribution in [-0.2, 0) is 9.53 Å². The van der Waals surface area contributed by atoms with Crippen LogP contribution >= 0.6 is 0 Å². The van der Waals surface area contributed by atoms with Gasteiger partial charge in [-0.3, -0.25) is 4.79 Å². The Hall–Kier alpha value is -0.790. The van der Waals surface area contributed by atoms with Crippen molar-refractivity contribution >= 4 is 5.97 Å². The molecule has 0 radical (unpaired) electrons. The normalized spacial score (nSPS) is 35.8. The zero-order valence-electron chi connectivity index (χ0n) is 11.5. The maximum Gasteiger partial charge on any atom is 0.302 e. The fourth-order valence-corrected chi connectivity index (χ4v) is 3.81. The molecule has 0 N–H and O–H groups in total. The van der Waals surface area contributed by atoms with Gasteiger partial charge in [0.15, 0.2) is 0 Å². The molecule has 0 aromatic heterocycles. The number of ether oxygens (including phenoxy) is 1. The molecular weight excluding hydrogens is 212 g/mol. The van der Waals surface area contributed by atoms with E-state index in [0.29, 0.717) is 5.41 Å². The molecule has 2 aliphatic carbocycles. The van der Waals surface area contributed by atoms with E-state index in [9.17, 15) is 4.79 Å². The van der Waals surface area contributed by atoms with Gasteiger partial charge in [0.05, 0.1) is 0 Å². The number of carbonyl (C=O) groups is 1. The van der Waals surface area contributed by atoms with Crippen molar-refractivity contribution in [3.05, 3.63) is 11.6 Å². The molecule has 0 saturated heterocycles. The fourth-order valence-electron chi connectivity index (χ4n) is 3.81. The van der Waals surface area contributed by atoms with E-state index >= 15 is 0 Å². The lowest BCUT2D eigenvalue weighted by Gasteiger charge is -2.51. The minimum atomic E-state index is -0.150. The summed E-state index contributed by atoms with van der Waals surface area (Å²) in [6.07, 6.45) is 8.38. The van der Waals surface area contributed by atoms with E-state index in [4.69, 9.17) is 4.74 Å². The monoisotopic (exact) mass is 236 g/mol. The van der Waals surface area contributed by atoms with Crippen molar-refractivity contribution in [1.29, 1.82) is 0 Å². The van der Waals surface area contributed by atoms with Gasteiger partial charge in [-0.15, -0.1) is 0 Å². The van der Waals surface area contributed by atoms with Crippen molar-refractivity contribution in [1.82, 2.24) is 0 Å². The summed E-state index contributed by atoms with van der Waals surface area (Å²) in [5, 5.41) is 0. The molecular formula is C15H24O2. The van der Waals surface area contributed by atoms with E-state index in [1.54, 1.807) is 0 Å². The Morgan fingerprint density at radius 2 is 2.06 bits per heavy atom. The van der Waals surface area contributed by atoms with Crippen molar-refractivity contribution in [3.63, 3.8) is 0 Å². The molecule has 0 amide bonds. The number of rotatable bonds is 1. The lowest BCUT2D eigenvalue weighted by atomic mass is 9.56. The van der Waals surface area contributed by atoms with Gasteiger partial charge in [0.2, 0.25) is 0 Å². The standard InChI is InChI=1S/C15H24O2/c1-11(16)17-13-8-10-15(4)9-6-5-7-12(15)14(13,2)3/h7,13H,5-6,8-10H2,1-4H3/t13-,15+/m0/s1. The predicted molar refractivity (Wildman–Crippen MR) is 68.6 cm³/mol. The number of hydrogen-bond donors (Lipinski definition) is 0. The molecule has 96 valence electrons. The maximum absolute atomic E-state index is 11.2. The summed E-state index contributed by atoms with van der Waals surface area (Å²) in [4.78, 5) is 11.2. The molecule has 2 atom stereocenters. The Morgan fingerprint density at radius 1 is 1.35 bits per heavy atom. The third kappa shape index (κ3) is 2.14. The van der Waals surface area contributed by atoms with Crippen LogP contribution in [0.5, 0.6) is 0 Å². The van der Waals surface area contributed by atoms with Gasteiger partial charge in [-0.05, 0) is 37.5 Å². The van der Waals surface area contributed by atoms with Crippen LogP contribution in [-0.4, -0.2) is 12.1 Å². The van der Waals surface area contributed by atoms with Gasteiger partial charge in [0, 0.05) is 12.3 Å². The maximum atomic E-state index is 11.2. The molecule has 17 heavy (non-hydrogen) atoms. The summed E-state index contributed by atoms with van der Waals surface area (Å²) >= 11 is 0. The van der Waals surface area contributed by atoms with E-state index in [2.05, 4.69) is 26.8 Å². The molecule has 0 heterocycles. The molecule has 1 fully saturated rings. The van der Waals surface area contributed by atoms with E-state index in [1.165, 1.54) is 31.8 Å². The molecule has 0 spiro atoms. The van der Waals surface area contributed by atoms with Crippen molar-refractivity contribution in [2.75, 3.05) is 0 Å². The van der Waals surface area contributed by atoms with Crippen molar-refractivity contribution < 1.29 is 9.53 Å². The minimum absolute atomic E-state index is 0.000903. The van der Waals surface area contributed by atoms with E-state index in [-0.39, 0.29) is 17.5 Å². The highest BCUT2D eigenvalue weighted by atomic mass is 16.5. The van der Waals surface area contributed by atoms with Gasteiger partial charge in [0.1, 0.15) is 6.10 Å². The average molecular weight is 236 g/mol. The smallest absolute Gasteiger partial charge is 0.302 e. The summed E-state index contributed by atoms with van der Waals surface area (Å²) in [5.41, 5.74) is 1.87. The minimum Gasteiger partial charge on any atom is -0.462 e. The quantitative estimate of drug-likeness (QED) is 0.510. The number of esters is 1. The number of hydrogen-bond acceptors (Lipinski definition) is 2. The predicted octanol–water partition coefficient (Wildman–Crippen LogP) is 3.85. The third-order valence-electron chi connectivity index (χ3n) is 4.70. The Morgan fingerprint density at radius 3 is 2.71 bits per heavy atom. The summed E-state index contributed by atoms with van der Waals surface area (Å²) in [5.74, 6) is -0.150. The van der Waals surface area contributed by atoms with Gasteiger partial charge < -0.3 is 4.74 Å². The first kappa shape index (κ1) is 12.7. The molecule has 2 aliphatic rings. The molecule has 1 saturated carbocycles. The molecule has 2 heteroatoms. The molecule has 0 aliphatic heterocycles. The van der Waals surface area contributed by atoms with Crippen LogP contribution in [0.15, 0.2) is 11.6 Å². The number of carbonyl (C=O) groups excluding carboxylic acids is 1. The third-order valence-corrected chi connectivity index (χ3v) is 4.70. The molecule has 2 rings (SSSR count). The Labute approximate surface area is 104 Å². The average Bonchev–Trinajstić information content (AvgIpc) is 2.22. The second kappa shape index (κ2) is 4.15. The van der Waals surface area contributed by atoms with E-state index in [1.807, 2.05) is 0 Å². The van der Waals surface area contributed by atoms with Crippen LogP contribution in [0, 0.1) is 10.8 Å². The van der Waals surface area contributed by atoms with E-state index in [0.717, 1.165) is 12.8 Å². The summed E-state index contributed by atoms with van der Waals surface area (Å²) in [7, 11) is 0. The fraction of sp³-hybridized carbons (Fsp3) is 0.800. The molecule has 0 unspecified atom stereocenters. The number of allylic oxidation sites excluding steroid dienone is 1. The molecule has 0 aromatic rings. The Balaban J connectivity index is 2.29. The van der Waals surface area contributed by atoms with Crippen LogP contribution in [0.3, 0.4) is 0 Å². The van der Waals surface area contributed by atoms with Crippen LogP contribution in [0.25, 0.3) is 0 Å². The van der Waals surface area contributed by atoms with Crippen LogP contribution in [0.2, 0.25) is 0 Å². The first-order valence-corrected chi connectivity index (χ1v) is 6.74. The lowest BCUT2D eigenvalue weighted by Crippen LogP contribution is -2.46. The van der Waals surface area contributed by atoms with Gasteiger partial charge in [0.25, 0.3) is 0 Å². The summed E-state index contributed by atoms with van der Waals surface area (Å²) < 4.78 is 5.52. The Bertz CT molecular complexity index is 354. The Kier molecular flexibility index (Phi) is 3.09. The molecule has 2 nitrogen and oxygen atoms in total. The van der Waals surface area contributed by atoms with Crippen molar-refractivity contribution in [3.8, 4) is 0 Å². The van der Waals surface area contributed by atoms with Gasteiger partial charge in [-0.1, -0.05) is 32.4 Å². The lowest BCUT2D eigenvalue weighted by molar-refractivity contribution is -0.154. The largest absolute Gasteiger partial charge is 0.462 e. The van der Waals surface area contributed by atoms with Gasteiger partial charge in [-0.25, -0.2) is 0 Å². The molecule has 0 bridgehead atoms. The van der Waals surface area contributed by atoms with Crippen LogP contribution in [0.1, 0.15) is 59.8 Å².